The smallest absolute Gasteiger partial charge is 0.270 e. The highest BCUT2D eigenvalue weighted by Crippen LogP contribution is 2.29. The average Bonchev–Trinajstić information content (AvgIpc) is 2.44. The monoisotopic (exact) mass is 257 g/mol. The Morgan fingerprint density at radius 1 is 1.42 bits per heavy atom. The molecule has 0 spiro atoms. The second-order valence-electron chi connectivity index (χ2n) is 5.39. The molecule has 1 heterocycles. The van der Waals surface area contributed by atoms with Gasteiger partial charge in [-0.25, -0.2) is 4.98 Å². The molecule has 3 atom stereocenters. The lowest BCUT2D eigenvalue weighted by Gasteiger charge is -2.34. The van der Waals surface area contributed by atoms with Gasteiger partial charge in [0.05, 0.1) is 5.56 Å². The summed E-state index contributed by atoms with van der Waals surface area (Å²) in [7, 11) is 0. The van der Waals surface area contributed by atoms with Crippen molar-refractivity contribution >= 4 is 5.91 Å². The van der Waals surface area contributed by atoms with Crippen LogP contribution >= 0.6 is 0 Å². The van der Waals surface area contributed by atoms with Gasteiger partial charge in [-0.1, -0.05) is 26.7 Å². The number of aromatic nitrogens is 1. The lowest BCUT2D eigenvalue weighted by atomic mass is 9.78. The van der Waals surface area contributed by atoms with Crippen LogP contribution in [0.2, 0.25) is 0 Å². The van der Waals surface area contributed by atoms with Crippen molar-refractivity contribution in [1.29, 1.82) is 5.26 Å². The zero-order chi connectivity index (χ0) is 13.8. The third kappa shape index (κ3) is 3.11. The van der Waals surface area contributed by atoms with E-state index in [0.717, 1.165) is 12.8 Å². The molecule has 0 radical (unpaired) electrons. The molecule has 1 N–H and O–H groups in total. The van der Waals surface area contributed by atoms with Crippen LogP contribution in [0, 0.1) is 23.2 Å². The van der Waals surface area contributed by atoms with Gasteiger partial charge in [0.25, 0.3) is 5.91 Å². The maximum absolute atomic E-state index is 12.1. The standard InChI is InChI=1S/C15H19N3O/c1-10-4-3-5-13(11(10)2)18-15(19)14-7-6-12(8-16)9-17-14/h6-7,9-11,13H,3-5H2,1-2H3,(H,18,19). The lowest BCUT2D eigenvalue weighted by molar-refractivity contribution is 0.0886. The number of hydrogen-bond donors (Lipinski definition) is 1. The Bertz CT molecular complexity index is 489. The van der Waals surface area contributed by atoms with Crippen LogP contribution in [0.1, 0.15) is 49.2 Å². The number of nitrogens with one attached hydrogen (secondary N) is 1. The van der Waals surface area contributed by atoms with E-state index >= 15 is 0 Å². The molecule has 4 heteroatoms. The average molecular weight is 257 g/mol. The number of rotatable bonds is 2. The summed E-state index contributed by atoms with van der Waals surface area (Å²) in [5.41, 5.74) is 0.848. The first kappa shape index (κ1) is 13.5. The Morgan fingerprint density at radius 3 is 2.84 bits per heavy atom. The van der Waals surface area contributed by atoms with Crippen LogP contribution in [0.4, 0.5) is 0 Å². The van der Waals surface area contributed by atoms with E-state index < -0.39 is 0 Å². The number of carbonyl (C=O) groups excluding carboxylic acids is 1. The van der Waals surface area contributed by atoms with Crippen LogP contribution < -0.4 is 5.32 Å². The summed E-state index contributed by atoms with van der Waals surface area (Å²) in [4.78, 5) is 16.1. The lowest BCUT2D eigenvalue weighted by Crippen LogP contribution is -2.43. The molecule has 4 nitrogen and oxygen atoms in total. The van der Waals surface area contributed by atoms with Gasteiger partial charge in [-0.05, 0) is 30.4 Å². The Hall–Kier alpha value is -1.89. The molecule has 1 aromatic heterocycles. The number of nitriles is 1. The maximum atomic E-state index is 12.1. The Balaban J connectivity index is 2.02. The van der Waals surface area contributed by atoms with Crippen molar-refractivity contribution in [3.63, 3.8) is 0 Å². The SMILES string of the molecule is CC1CCCC(NC(=O)c2ccc(C#N)cn2)C1C. The Kier molecular flexibility index (Phi) is 4.16. The molecule has 1 aromatic rings. The highest BCUT2D eigenvalue weighted by molar-refractivity contribution is 5.92. The molecule has 1 aliphatic carbocycles. The van der Waals surface area contributed by atoms with Gasteiger partial charge in [-0.3, -0.25) is 4.79 Å². The van der Waals surface area contributed by atoms with Gasteiger partial charge in [0, 0.05) is 12.2 Å². The molecule has 1 aliphatic rings. The summed E-state index contributed by atoms with van der Waals surface area (Å²) in [6, 6.07) is 5.45. The van der Waals surface area contributed by atoms with Gasteiger partial charge in [0.15, 0.2) is 0 Å². The van der Waals surface area contributed by atoms with E-state index in [0.29, 0.717) is 23.1 Å². The van der Waals surface area contributed by atoms with E-state index in [2.05, 4.69) is 24.1 Å². The van der Waals surface area contributed by atoms with E-state index in [4.69, 9.17) is 5.26 Å². The highest BCUT2D eigenvalue weighted by Gasteiger charge is 2.28. The second-order valence-corrected chi connectivity index (χ2v) is 5.39. The van der Waals surface area contributed by atoms with Crippen LogP contribution in [0.15, 0.2) is 18.3 Å². The first-order valence-electron chi connectivity index (χ1n) is 6.79. The highest BCUT2D eigenvalue weighted by atomic mass is 16.1. The van der Waals surface area contributed by atoms with Crippen LogP contribution in [0.5, 0.6) is 0 Å². The fourth-order valence-electron chi connectivity index (χ4n) is 2.62. The first-order valence-corrected chi connectivity index (χ1v) is 6.79. The summed E-state index contributed by atoms with van der Waals surface area (Å²) in [6.07, 6.45) is 4.87. The fourth-order valence-corrected chi connectivity index (χ4v) is 2.62. The predicted molar refractivity (Wildman–Crippen MR) is 72.4 cm³/mol. The zero-order valence-corrected chi connectivity index (χ0v) is 11.4. The summed E-state index contributed by atoms with van der Waals surface area (Å²) in [5, 5.41) is 11.8. The number of pyridine rings is 1. The molecule has 2 rings (SSSR count). The van der Waals surface area contributed by atoms with Gasteiger partial charge in [-0.2, -0.15) is 5.26 Å². The summed E-state index contributed by atoms with van der Waals surface area (Å²) >= 11 is 0. The van der Waals surface area contributed by atoms with Crippen molar-refractivity contribution in [1.82, 2.24) is 10.3 Å². The summed E-state index contributed by atoms with van der Waals surface area (Å²) in [6.45, 7) is 4.43. The van der Waals surface area contributed by atoms with Crippen molar-refractivity contribution in [3.8, 4) is 6.07 Å². The van der Waals surface area contributed by atoms with Crippen LogP contribution in [0.25, 0.3) is 0 Å². The molecule has 3 unspecified atom stereocenters. The van der Waals surface area contributed by atoms with Gasteiger partial charge in [0.1, 0.15) is 11.8 Å². The molecule has 0 aromatic carbocycles. The van der Waals surface area contributed by atoms with E-state index in [-0.39, 0.29) is 11.9 Å². The quantitative estimate of drug-likeness (QED) is 0.885. The molecule has 1 fully saturated rings. The Morgan fingerprint density at radius 2 is 2.21 bits per heavy atom. The molecule has 100 valence electrons. The number of nitrogens with zero attached hydrogens (tertiary/aromatic N) is 2. The fraction of sp³-hybridized carbons (Fsp3) is 0.533. The van der Waals surface area contributed by atoms with Crippen molar-refractivity contribution in [2.75, 3.05) is 0 Å². The molecule has 0 saturated heterocycles. The minimum atomic E-state index is -0.143. The Labute approximate surface area is 113 Å². The van der Waals surface area contributed by atoms with Gasteiger partial charge < -0.3 is 5.32 Å². The van der Waals surface area contributed by atoms with Gasteiger partial charge in [-0.15, -0.1) is 0 Å². The van der Waals surface area contributed by atoms with Gasteiger partial charge >= 0.3 is 0 Å². The molecule has 19 heavy (non-hydrogen) atoms. The van der Waals surface area contributed by atoms with Crippen LogP contribution in [-0.4, -0.2) is 16.9 Å². The largest absolute Gasteiger partial charge is 0.348 e. The third-order valence-electron chi connectivity index (χ3n) is 4.15. The van der Waals surface area contributed by atoms with E-state index in [1.165, 1.54) is 12.6 Å². The molecule has 0 bridgehead atoms. The molecular formula is C15H19N3O. The van der Waals surface area contributed by atoms with Crippen LogP contribution in [0.3, 0.4) is 0 Å². The number of hydrogen-bond acceptors (Lipinski definition) is 3. The molecular weight excluding hydrogens is 238 g/mol. The summed E-state index contributed by atoms with van der Waals surface area (Å²) < 4.78 is 0. The minimum Gasteiger partial charge on any atom is -0.348 e. The normalized spacial score (nSPS) is 26.5. The number of amides is 1. The minimum absolute atomic E-state index is 0.143. The van der Waals surface area contributed by atoms with Crippen molar-refractivity contribution < 1.29 is 4.79 Å². The van der Waals surface area contributed by atoms with Crippen LogP contribution in [-0.2, 0) is 0 Å². The van der Waals surface area contributed by atoms with Crippen molar-refractivity contribution in [2.24, 2.45) is 11.8 Å². The van der Waals surface area contributed by atoms with Crippen molar-refractivity contribution in [2.45, 2.75) is 39.2 Å². The molecule has 1 amide bonds. The van der Waals surface area contributed by atoms with E-state index in [1.54, 1.807) is 12.1 Å². The van der Waals surface area contributed by atoms with E-state index in [9.17, 15) is 4.79 Å². The third-order valence-corrected chi connectivity index (χ3v) is 4.15. The first-order chi connectivity index (χ1) is 9.11. The number of carbonyl (C=O) groups is 1. The zero-order valence-electron chi connectivity index (χ0n) is 11.4. The van der Waals surface area contributed by atoms with Crippen molar-refractivity contribution in [3.05, 3.63) is 29.6 Å². The maximum Gasteiger partial charge on any atom is 0.270 e. The van der Waals surface area contributed by atoms with Gasteiger partial charge in [0.2, 0.25) is 0 Å². The molecule has 0 aliphatic heterocycles. The summed E-state index contributed by atoms with van der Waals surface area (Å²) in [5.74, 6) is 1.000. The topological polar surface area (TPSA) is 65.8 Å². The predicted octanol–water partition coefficient (Wildman–Crippen LogP) is 2.51. The second kappa shape index (κ2) is 5.83. The van der Waals surface area contributed by atoms with E-state index in [1.807, 2.05) is 6.07 Å². The molecule has 1 saturated carbocycles.